The van der Waals surface area contributed by atoms with E-state index < -0.39 is 35.0 Å². The molecule has 0 aliphatic carbocycles. The van der Waals surface area contributed by atoms with Crippen molar-refractivity contribution < 1.29 is 19.1 Å². The van der Waals surface area contributed by atoms with Crippen LogP contribution in [0.4, 0.5) is 4.39 Å². The lowest BCUT2D eigenvalue weighted by atomic mass is 10.1. The third-order valence-corrected chi connectivity index (χ3v) is 3.05. The second kappa shape index (κ2) is 4.64. The van der Waals surface area contributed by atoms with Crippen molar-refractivity contribution in [3.05, 3.63) is 29.6 Å². The molecule has 0 saturated carbocycles. The number of carbonyl (C=O) groups is 2. The number of amides is 2. The maximum absolute atomic E-state index is 13.6. The molecule has 1 aliphatic heterocycles. The van der Waals surface area contributed by atoms with Gasteiger partial charge >= 0.3 is 0 Å². The maximum Gasteiger partial charge on any atom is 0.261 e. The van der Waals surface area contributed by atoms with Crippen LogP contribution in [0.2, 0.25) is 0 Å². The number of nitrogens with zero attached hydrogens (tertiary/aromatic N) is 1. The van der Waals surface area contributed by atoms with Crippen LogP contribution >= 0.6 is 0 Å². The first-order chi connectivity index (χ1) is 8.52. The Morgan fingerprint density at radius 1 is 1.44 bits per heavy atom. The Morgan fingerprint density at radius 3 is 2.78 bits per heavy atom. The van der Waals surface area contributed by atoms with Gasteiger partial charge in [0, 0.05) is 6.54 Å². The zero-order valence-electron chi connectivity index (χ0n) is 9.60. The molecule has 1 aliphatic rings. The fourth-order valence-electron chi connectivity index (χ4n) is 2.17. The lowest BCUT2D eigenvalue weighted by Gasteiger charge is -2.22. The molecular formula is C12H13FN2O3. The van der Waals surface area contributed by atoms with E-state index in [1.54, 1.807) is 0 Å². The van der Waals surface area contributed by atoms with E-state index in [4.69, 9.17) is 5.73 Å². The number of halogens is 1. The molecule has 96 valence electrons. The number of phenols is 1. The lowest BCUT2D eigenvalue weighted by molar-refractivity contribution is -0.121. The van der Waals surface area contributed by atoms with Gasteiger partial charge in [-0.2, -0.15) is 0 Å². The van der Waals surface area contributed by atoms with Crippen molar-refractivity contribution in [2.45, 2.75) is 18.9 Å². The molecule has 2 rings (SSSR count). The molecule has 1 aromatic carbocycles. The molecule has 0 aromatic heterocycles. The molecule has 1 fully saturated rings. The molecule has 1 atom stereocenters. The smallest absolute Gasteiger partial charge is 0.261 e. The number of primary amides is 1. The maximum atomic E-state index is 13.6. The molecular weight excluding hydrogens is 239 g/mol. The van der Waals surface area contributed by atoms with Gasteiger partial charge in [0.05, 0.1) is 0 Å². The normalized spacial score (nSPS) is 18.9. The molecule has 5 nitrogen and oxygen atoms in total. The minimum atomic E-state index is -0.810. The van der Waals surface area contributed by atoms with Crippen LogP contribution in [-0.4, -0.2) is 34.4 Å². The van der Waals surface area contributed by atoms with Gasteiger partial charge in [-0.1, -0.05) is 6.07 Å². The Kier molecular flexibility index (Phi) is 3.18. The Morgan fingerprint density at radius 2 is 2.17 bits per heavy atom. The van der Waals surface area contributed by atoms with E-state index in [9.17, 15) is 19.1 Å². The van der Waals surface area contributed by atoms with Gasteiger partial charge in [-0.3, -0.25) is 9.59 Å². The average Bonchev–Trinajstić information content (AvgIpc) is 2.77. The first-order valence-corrected chi connectivity index (χ1v) is 5.60. The van der Waals surface area contributed by atoms with Crippen LogP contribution in [0.3, 0.4) is 0 Å². The third kappa shape index (κ3) is 2.01. The van der Waals surface area contributed by atoms with Crippen molar-refractivity contribution in [1.82, 2.24) is 4.90 Å². The first-order valence-electron chi connectivity index (χ1n) is 5.60. The number of likely N-dealkylation sites (tertiary alicyclic amines) is 1. The van der Waals surface area contributed by atoms with Crippen LogP contribution in [0, 0.1) is 5.82 Å². The van der Waals surface area contributed by atoms with Crippen molar-refractivity contribution in [2.75, 3.05) is 6.54 Å². The van der Waals surface area contributed by atoms with Crippen LogP contribution in [0.5, 0.6) is 5.75 Å². The first kappa shape index (κ1) is 12.3. The van der Waals surface area contributed by atoms with E-state index in [0.29, 0.717) is 19.4 Å². The van der Waals surface area contributed by atoms with Crippen molar-refractivity contribution >= 4 is 11.8 Å². The molecule has 2 amide bonds. The number of nitrogens with two attached hydrogens (primary N) is 1. The lowest BCUT2D eigenvalue weighted by Crippen LogP contribution is -2.43. The average molecular weight is 252 g/mol. The fraction of sp³-hybridized carbons (Fsp3) is 0.333. The molecule has 1 saturated heterocycles. The van der Waals surface area contributed by atoms with E-state index in [0.717, 1.165) is 6.07 Å². The van der Waals surface area contributed by atoms with Gasteiger partial charge in [-0.05, 0) is 25.0 Å². The highest BCUT2D eigenvalue weighted by atomic mass is 19.1. The highest BCUT2D eigenvalue weighted by Crippen LogP contribution is 2.26. The van der Waals surface area contributed by atoms with E-state index in [2.05, 4.69) is 0 Å². The van der Waals surface area contributed by atoms with Crippen LogP contribution in [-0.2, 0) is 4.79 Å². The quantitative estimate of drug-likeness (QED) is 0.809. The summed E-state index contributed by atoms with van der Waals surface area (Å²) < 4.78 is 13.6. The minimum absolute atomic E-state index is 0.334. The number of aromatic hydroxyl groups is 1. The number of rotatable bonds is 2. The Labute approximate surface area is 103 Å². The summed E-state index contributed by atoms with van der Waals surface area (Å²) in [5.41, 5.74) is 4.78. The zero-order valence-corrected chi connectivity index (χ0v) is 9.60. The summed E-state index contributed by atoms with van der Waals surface area (Å²) in [6.07, 6.45) is 1.10. The summed E-state index contributed by atoms with van der Waals surface area (Å²) in [6, 6.07) is 2.89. The summed E-state index contributed by atoms with van der Waals surface area (Å²) >= 11 is 0. The summed E-state index contributed by atoms with van der Waals surface area (Å²) in [5.74, 6) is -2.56. The summed E-state index contributed by atoms with van der Waals surface area (Å²) in [4.78, 5) is 24.5. The van der Waals surface area contributed by atoms with Crippen molar-refractivity contribution in [2.24, 2.45) is 5.73 Å². The van der Waals surface area contributed by atoms with Crippen molar-refractivity contribution in [1.29, 1.82) is 0 Å². The summed E-state index contributed by atoms with van der Waals surface area (Å²) in [6.45, 7) is 0.334. The highest BCUT2D eigenvalue weighted by molar-refractivity contribution is 5.99. The molecule has 0 radical (unpaired) electrons. The van der Waals surface area contributed by atoms with Gasteiger partial charge in [0.2, 0.25) is 5.91 Å². The van der Waals surface area contributed by atoms with Crippen LogP contribution < -0.4 is 5.73 Å². The van der Waals surface area contributed by atoms with Crippen molar-refractivity contribution in [3.63, 3.8) is 0 Å². The number of hydrogen-bond donors (Lipinski definition) is 2. The number of phenolic OH excluding ortho intramolecular Hbond substituents is 1. The summed E-state index contributed by atoms with van der Waals surface area (Å²) in [5, 5.41) is 9.54. The Balaban J connectivity index is 2.34. The molecule has 6 heteroatoms. The topological polar surface area (TPSA) is 83.6 Å². The molecule has 18 heavy (non-hydrogen) atoms. The third-order valence-electron chi connectivity index (χ3n) is 3.05. The van der Waals surface area contributed by atoms with E-state index in [1.165, 1.54) is 17.0 Å². The standard InChI is InChI=1S/C12H13FN2O3/c13-7-3-1-5-9(16)10(7)12(18)15-6-2-4-8(15)11(14)17/h1,3,5,8,16H,2,4,6H2,(H2,14,17). The van der Waals surface area contributed by atoms with Gasteiger partial charge in [-0.25, -0.2) is 4.39 Å². The predicted molar refractivity (Wildman–Crippen MR) is 61.3 cm³/mol. The predicted octanol–water partition coefficient (Wildman–Crippen LogP) is 0.621. The van der Waals surface area contributed by atoms with E-state index in [1.807, 2.05) is 0 Å². The monoisotopic (exact) mass is 252 g/mol. The van der Waals surface area contributed by atoms with Gasteiger partial charge < -0.3 is 15.7 Å². The fourth-order valence-corrected chi connectivity index (χ4v) is 2.17. The van der Waals surface area contributed by atoms with Gasteiger partial charge in [-0.15, -0.1) is 0 Å². The SMILES string of the molecule is NC(=O)C1CCCN1C(=O)c1c(O)cccc1F. The van der Waals surface area contributed by atoms with Gasteiger partial charge in [0.15, 0.2) is 0 Å². The van der Waals surface area contributed by atoms with Gasteiger partial charge in [0.25, 0.3) is 5.91 Å². The largest absolute Gasteiger partial charge is 0.507 e. The molecule has 3 N–H and O–H groups in total. The summed E-state index contributed by atoms with van der Waals surface area (Å²) in [7, 11) is 0. The highest BCUT2D eigenvalue weighted by Gasteiger charge is 2.35. The molecule has 0 spiro atoms. The minimum Gasteiger partial charge on any atom is -0.507 e. The number of carbonyl (C=O) groups excluding carboxylic acids is 2. The van der Waals surface area contributed by atoms with Crippen LogP contribution in [0.1, 0.15) is 23.2 Å². The van der Waals surface area contributed by atoms with Crippen molar-refractivity contribution in [3.8, 4) is 5.75 Å². The van der Waals surface area contributed by atoms with E-state index >= 15 is 0 Å². The number of hydrogen-bond acceptors (Lipinski definition) is 3. The number of benzene rings is 1. The molecule has 1 aromatic rings. The second-order valence-corrected chi connectivity index (χ2v) is 4.19. The van der Waals surface area contributed by atoms with Crippen LogP contribution in [0.15, 0.2) is 18.2 Å². The zero-order chi connectivity index (χ0) is 13.3. The molecule has 1 heterocycles. The Bertz CT molecular complexity index is 484. The van der Waals surface area contributed by atoms with E-state index in [-0.39, 0.29) is 0 Å². The molecule has 1 unspecified atom stereocenters. The second-order valence-electron chi connectivity index (χ2n) is 4.19. The van der Waals surface area contributed by atoms with Gasteiger partial charge in [0.1, 0.15) is 23.2 Å². The Hall–Kier alpha value is -2.11. The molecule has 0 bridgehead atoms. The van der Waals surface area contributed by atoms with Crippen LogP contribution in [0.25, 0.3) is 0 Å².